The van der Waals surface area contributed by atoms with Gasteiger partial charge in [-0.3, -0.25) is 48.1 Å². The van der Waals surface area contributed by atoms with Crippen LogP contribution in [-0.4, -0.2) is 215 Å². The van der Waals surface area contributed by atoms with E-state index in [1.54, 1.807) is 87.2 Å². The molecule has 10 atom stereocenters. The fraction of sp³-hybridized carbons (Fsp3) is 0.651. The number of carbonyl (C=O) groups is 10. The van der Waals surface area contributed by atoms with Gasteiger partial charge >= 0.3 is 6.03 Å². The Morgan fingerprint density at radius 1 is 0.635 bits per heavy atom. The van der Waals surface area contributed by atoms with E-state index in [2.05, 4.69) is 16.0 Å². The molecule has 0 unspecified atom stereocenters. The standard InChI is InChI=1S/C63H98N10O12/c1-18-40(6)53-56(78)64-46(37-85-63(9,10)11)54(76)66-52(61(83)73-31-23-20-24-32-73)45-29-27-44(28-30-45)36-50(75)68(13)49(35-43-25-21-19-22-26-43)59(81)72(17)62(84)70(15)47(33-38(2)3)55(77)65-51(42(8)74)60(82)67(12)41(7)57(79)69(14)48(34-39(4)5)58(80)71(53)16/h19,21-22,25-30,38-42,46-49,51-53,74H,18,20,23-24,31-37H2,1-17H3,(H,64,78)(H,65,77)(H,66,76)/t40-,41-,42+,46-,47-,48-,49-,51-,52-,53-/m0/s1. The van der Waals surface area contributed by atoms with E-state index in [1.165, 1.54) is 70.8 Å². The SMILES string of the molecule is CC[C@H](C)[C@H]1C(=O)N[C@@H](COC(C)(C)C)C(=O)N[C@H](C(=O)N2CCCCC2)c2ccc(cc2)CC(=O)N(C)[C@@H](Cc2ccccc2)C(=O)N(C)C(=O)N(C)[C@@H](CC(C)C)C(=O)N[C@@H]([C@@H](C)O)C(=O)N(C)[C@@H](C)C(=O)N(C)[C@@H](CC(C)C)C(=O)N1C. The summed E-state index contributed by atoms with van der Waals surface area (Å²) >= 11 is 0. The van der Waals surface area contributed by atoms with Crippen molar-refractivity contribution in [1.29, 1.82) is 0 Å². The Morgan fingerprint density at radius 2 is 1.21 bits per heavy atom. The Balaban J connectivity index is 1.93. The predicted molar refractivity (Wildman–Crippen MR) is 323 cm³/mol. The lowest BCUT2D eigenvalue weighted by Gasteiger charge is -2.39. The number of hydrogen-bond donors (Lipinski definition) is 4. The maximum atomic E-state index is 15.0. The molecule has 472 valence electrons. The number of rotatable bonds is 12. The van der Waals surface area contributed by atoms with Crippen LogP contribution in [-0.2, 0) is 60.7 Å². The molecule has 85 heavy (non-hydrogen) atoms. The first kappa shape index (κ1) is 70.5. The Kier molecular flexibility index (Phi) is 26.1. The number of ether oxygens (including phenoxy) is 1. The number of piperidine rings is 1. The minimum Gasteiger partial charge on any atom is -0.391 e. The lowest BCUT2D eigenvalue weighted by Crippen LogP contribution is -2.62. The minimum atomic E-state index is -1.64. The molecule has 0 aliphatic carbocycles. The maximum absolute atomic E-state index is 15.0. The van der Waals surface area contributed by atoms with E-state index in [0.717, 1.165) is 34.0 Å². The molecule has 2 bridgehead atoms. The number of likely N-dealkylation sites (tertiary alicyclic amines) is 1. The van der Waals surface area contributed by atoms with Crippen LogP contribution in [0.15, 0.2) is 54.6 Å². The number of urea groups is 1. The van der Waals surface area contributed by atoms with Gasteiger partial charge in [0.15, 0.2) is 0 Å². The average Bonchev–Trinajstić information content (AvgIpc) is 3.47. The minimum absolute atomic E-state index is 0.00636. The van der Waals surface area contributed by atoms with Crippen molar-refractivity contribution < 1.29 is 57.8 Å². The van der Waals surface area contributed by atoms with Gasteiger partial charge in [-0.15, -0.1) is 0 Å². The average molecular weight is 1190 g/mol. The molecule has 1 fully saturated rings. The Morgan fingerprint density at radius 3 is 1.75 bits per heavy atom. The van der Waals surface area contributed by atoms with Crippen LogP contribution in [0.25, 0.3) is 0 Å². The fourth-order valence-corrected chi connectivity index (χ4v) is 10.6. The first-order valence-electron chi connectivity index (χ1n) is 30.0. The molecule has 3 heterocycles. The third kappa shape index (κ3) is 19.0. The Hall–Kier alpha value is -6.94. The van der Waals surface area contributed by atoms with Crippen LogP contribution in [0.2, 0.25) is 0 Å². The second-order valence-electron chi connectivity index (χ2n) is 25.1. The van der Waals surface area contributed by atoms with Gasteiger partial charge in [-0.05, 0) is 101 Å². The summed E-state index contributed by atoms with van der Waals surface area (Å²) in [6, 6.07) is 4.20. The highest BCUT2D eigenvalue weighted by Crippen LogP contribution is 2.25. The van der Waals surface area contributed by atoms with E-state index in [1.807, 2.05) is 34.6 Å². The number of nitrogens with one attached hydrogen (secondary N) is 3. The summed E-state index contributed by atoms with van der Waals surface area (Å²) in [5.74, 6) is -6.89. The van der Waals surface area contributed by atoms with Gasteiger partial charge in [0.25, 0.3) is 5.91 Å². The first-order chi connectivity index (χ1) is 39.7. The van der Waals surface area contributed by atoms with Gasteiger partial charge in [0.1, 0.15) is 48.3 Å². The molecule has 3 aliphatic heterocycles. The highest BCUT2D eigenvalue weighted by atomic mass is 16.5. The molecule has 0 spiro atoms. The van der Waals surface area contributed by atoms with Crippen molar-refractivity contribution in [3.8, 4) is 0 Å². The first-order valence-corrected chi connectivity index (χ1v) is 30.0. The number of imide groups is 1. The van der Waals surface area contributed by atoms with Crippen molar-refractivity contribution in [2.75, 3.05) is 62.0 Å². The second kappa shape index (κ2) is 31.4. The summed E-state index contributed by atoms with van der Waals surface area (Å²) in [5, 5.41) is 19.6. The van der Waals surface area contributed by atoms with E-state index in [-0.39, 0.29) is 50.0 Å². The molecule has 0 aromatic heterocycles. The van der Waals surface area contributed by atoms with Crippen LogP contribution in [0.4, 0.5) is 4.79 Å². The van der Waals surface area contributed by atoms with Crippen LogP contribution < -0.4 is 16.0 Å². The number of amides is 11. The number of benzene rings is 2. The fourth-order valence-electron chi connectivity index (χ4n) is 10.6. The largest absolute Gasteiger partial charge is 0.391 e. The van der Waals surface area contributed by atoms with Gasteiger partial charge in [0, 0.05) is 61.8 Å². The number of fused-ring (bicyclic) bond motifs is 28. The molecule has 2 aromatic carbocycles. The number of carbonyl (C=O) groups excluding carboxylic acids is 10. The van der Waals surface area contributed by atoms with Crippen molar-refractivity contribution in [2.45, 2.75) is 188 Å². The topological polar surface area (TPSA) is 259 Å². The van der Waals surface area contributed by atoms with E-state index >= 15 is 4.79 Å². The van der Waals surface area contributed by atoms with E-state index in [0.29, 0.717) is 36.2 Å². The van der Waals surface area contributed by atoms with Crippen molar-refractivity contribution in [1.82, 2.24) is 50.2 Å². The molecule has 22 nitrogen and oxygen atoms in total. The van der Waals surface area contributed by atoms with Crippen LogP contribution in [0.5, 0.6) is 0 Å². The van der Waals surface area contributed by atoms with Gasteiger partial charge in [0.05, 0.1) is 24.7 Å². The number of nitrogens with zero attached hydrogens (tertiary/aromatic N) is 7. The molecule has 4 N–H and O–H groups in total. The van der Waals surface area contributed by atoms with E-state index in [9.17, 15) is 48.3 Å². The van der Waals surface area contributed by atoms with Crippen molar-refractivity contribution in [3.63, 3.8) is 0 Å². The number of hydrogen-bond acceptors (Lipinski definition) is 12. The summed E-state index contributed by atoms with van der Waals surface area (Å²) in [7, 11) is 8.28. The Bertz CT molecular complexity index is 2640. The molecule has 2 aromatic rings. The monoisotopic (exact) mass is 1190 g/mol. The molecular formula is C63H98N10O12. The number of aliphatic hydroxyl groups is 1. The third-order valence-corrected chi connectivity index (χ3v) is 16.3. The molecule has 5 rings (SSSR count). The predicted octanol–water partition coefficient (Wildman–Crippen LogP) is 4.17. The zero-order valence-corrected chi connectivity index (χ0v) is 53.5. The quantitative estimate of drug-likeness (QED) is 0.219. The smallest absolute Gasteiger partial charge is 0.326 e. The highest BCUT2D eigenvalue weighted by molar-refractivity contribution is 6.01. The van der Waals surface area contributed by atoms with Crippen LogP contribution in [0.1, 0.15) is 137 Å². The van der Waals surface area contributed by atoms with Crippen molar-refractivity contribution in [3.05, 3.63) is 71.3 Å². The second-order valence-corrected chi connectivity index (χ2v) is 25.1. The van der Waals surface area contributed by atoms with Crippen molar-refractivity contribution in [2.24, 2.45) is 17.8 Å². The third-order valence-electron chi connectivity index (χ3n) is 16.3. The van der Waals surface area contributed by atoms with Gasteiger partial charge in [-0.1, -0.05) is 103 Å². The molecule has 0 radical (unpaired) electrons. The van der Waals surface area contributed by atoms with E-state index < -0.39 is 119 Å². The number of aliphatic hydroxyl groups excluding tert-OH is 1. The zero-order valence-electron chi connectivity index (χ0n) is 53.5. The molecule has 3 aliphatic rings. The molecule has 0 saturated carbocycles. The van der Waals surface area contributed by atoms with Crippen LogP contribution >= 0.6 is 0 Å². The van der Waals surface area contributed by atoms with Gasteiger partial charge in [-0.25, -0.2) is 4.79 Å². The van der Waals surface area contributed by atoms with Gasteiger partial charge in [-0.2, -0.15) is 0 Å². The molecule has 11 amide bonds. The molecular weight excluding hydrogens is 1090 g/mol. The summed E-state index contributed by atoms with van der Waals surface area (Å²) in [6.45, 7) is 19.7. The highest BCUT2D eigenvalue weighted by Gasteiger charge is 2.43. The van der Waals surface area contributed by atoms with Gasteiger partial charge in [0.2, 0.25) is 47.3 Å². The van der Waals surface area contributed by atoms with Crippen LogP contribution in [0.3, 0.4) is 0 Å². The molecule has 22 heteroatoms. The molecule has 1 saturated heterocycles. The zero-order chi connectivity index (χ0) is 63.9. The number of likely N-dealkylation sites (N-methyl/N-ethyl adjacent to an activating group) is 6. The van der Waals surface area contributed by atoms with E-state index in [4.69, 9.17) is 4.74 Å². The summed E-state index contributed by atoms with van der Waals surface area (Å²) < 4.78 is 6.15. The van der Waals surface area contributed by atoms with Crippen molar-refractivity contribution >= 4 is 59.2 Å². The normalized spacial score (nSPS) is 25.1. The summed E-state index contributed by atoms with van der Waals surface area (Å²) in [5.41, 5.74) is 0.794. The summed E-state index contributed by atoms with van der Waals surface area (Å²) in [4.78, 5) is 155. The Labute approximate surface area is 504 Å². The summed E-state index contributed by atoms with van der Waals surface area (Å²) in [6.07, 6.45) is 1.33. The lowest BCUT2D eigenvalue weighted by atomic mass is 9.94. The maximum Gasteiger partial charge on any atom is 0.326 e. The van der Waals surface area contributed by atoms with Gasteiger partial charge < -0.3 is 55.2 Å². The lowest BCUT2D eigenvalue weighted by molar-refractivity contribution is -0.153. The van der Waals surface area contributed by atoms with Crippen LogP contribution in [0, 0.1) is 17.8 Å².